The molecule has 1 aliphatic rings. The fraction of sp³-hybridized carbons (Fsp3) is 0.462. The molecule has 1 heterocycles. The highest BCUT2D eigenvalue weighted by Crippen LogP contribution is 2.19. The summed E-state index contributed by atoms with van der Waals surface area (Å²) >= 11 is 0. The molecule has 6 nitrogen and oxygen atoms in total. The number of benzene rings is 2. The number of amides is 2. The smallest absolute Gasteiger partial charge is 0.260 e. The molecular weight excluding hydrogens is 402 g/mol. The summed E-state index contributed by atoms with van der Waals surface area (Å²) in [5.41, 5.74) is 2.39. The largest absolute Gasteiger partial charge is 0.484 e. The predicted molar refractivity (Wildman–Crippen MR) is 126 cm³/mol. The van der Waals surface area contributed by atoms with Gasteiger partial charge < -0.3 is 15.0 Å². The lowest BCUT2D eigenvalue weighted by molar-refractivity contribution is -0.137. The highest BCUT2D eigenvalue weighted by Gasteiger charge is 2.27. The Morgan fingerprint density at radius 1 is 1.03 bits per heavy atom. The number of hydrogen-bond donors (Lipinski definition) is 1. The van der Waals surface area contributed by atoms with Crippen LogP contribution >= 0.6 is 0 Å². The normalized spacial score (nSPS) is 14.6. The quantitative estimate of drug-likeness (QED) is 0.653. The van der Waals surface area contributed by atoms with Gasteiger partial charge in [0.25, 0.3) is 5.91 Å². The molecular formula is C26H35N3O3. The maximum Gasteiger partial charge on any atom is 0.260 e. The Morgan fingerprint density at radius 3 is 2.31 bits per heavy atom. The van der Waals surface area contributed by atoms with Crippen LogP contribution in [-0.2, 0) is 22.7 Å². The van der Waals surface area contributed by atoms with Gasteiger partial charge in [-0.05, 0) is 57.0 Å². The number of piperidine rings is 1. The van der Waals surface area contributed by atoms with E-state index in [4.69, 9.17) is 4.74 Å². The fourth-order valence-electron chi connectivity index (χ4n) is 3.81. The second-order valence-corrected chi connectivity index (χ2v) is 8.75. The molecule has 2 amide bonds. The Kier molecular flexibility index (Phi) is 8.68. The Balaban J connectivity index is 1.43. The molecule has 172 valence electrons. The van der Waals surface area contributed by atoms with Gasteiger partial charge in [0, 0.05) is 38.1 Å². The van der Waals surface area contributed by atoms with Crippen molar-refractivity contribution in [2.24, 2.45) is 5.92 Å². The molecule has 1 fully saturated rings. The van der Waals surface area contributed by atoms with Crippen molar-refractivity contribution in [3.8, 4) is 5.75 Å². The molecule has 2 aromatic carbocycles. The van der Waals surface area contributed by atoms with Gasteiger partial charge in [0.15, 0.2) is 6.61 Å². The van der Waals surface area contributed by atoms with E-state index in [0.717, 1.165) is 12.1 Å². The summed E-state index contributed by atoms with van der Waals surface area (Å²) in [7, 11) is 2.11. The lowest BCUT2D eigenvalue weighted by atomic mass is 9.95. The Bertz CT molecular complexity index is 877. The van der Waals surface area contributed by atoms with E-state index in [1.807, 2.05) is 42.5 Å². The zero-order chi connectivity index (χ0) is 22.9. The number of carbonyl (C=O) groups is 2. The summed E-state index contributed by atoms with van der Waals surface area (Å²) in [6, 6.07) is 18.1. The van der Waals surface area contributed by atoms with Gasteiger partial charge in [0.1, 0.15) is 5.75 Å². The minimum atomic E-state index is -0.0559. The van der Waals surface area contributed by atoms with Crippen LogP contribution < -0.4 is 10.1 Å². The third kappa shape index (κ3) is 6.82. The van der Waals surface area contributed by atoms with Gasteiger partial charge in [-0.2, -0.15) is 0 Å². The first-order valence-electron chi connectivity index (χ1n) is 11.4. The van der Waals surface area contributed by atoms with Crippen LogP contribution in [0.4, 0.5) is 0 Å². The monoisotopic (exact) mass is 437 g/mol. The van der Waals surface area contributed by atoms with Crippen molar-refractivity contribution in [1.82, 2.24) is 15.1 Å². The Morgan fingerprint density at radius 2 is 1.66 bits per heavy atom. The second-order valence-electron chi connectivity index (χ2n) is 8.75. The van der Waals surface area contributed by atoms with E-state index in [0.29, 0.717) is 44.3 Å². The number of rotatable bonds is 9. The molecule has 3 rings (SSSR count). The molecule has 0 unspecified atom stereocenters. The van der Waals surface area contributed by atoms with E-state index in [1.54, 1.807) is 4.90 Å². The zero-order valence-electron chi connectivity index (χ0n) is 19.4. The van der Waals surface area contributed by atoms with Crippen LogP contribution in [0.3, 0.4) is 0 Å². The third-order valence-corrected chi connectivity index (χ3v) is 6.20. The van der Waals surface area contributed by atoms with Gasteiger partial charge in [-0.15, -0.1) is 0 Å². The molecule has 0 bridgehead atoms. The lowest BCUT2D eigenvalue weighted by Gasteiger charge is -2.31. The number of para-hydroxylation sites is 1. The molecule has 0 radical (unpaired) electrons. The van der Waals surface area contributed by atoms with E-state index in [9.17, 15) is 9.59 Å². The van der Waals surface area contributed by atoms with Crippen LogP contribution in [-0.4, -0.2) is 54.4 Å². The number of carbonyl (C=O) groups excluding carboxylic acids is 2. The van der Waals surface area contributed by atoms with Gasteiger partial charge in [0.2, 0.25) is 5.91 Å². The molecule has 0 aliphatic carbocycles. The van der Waals surface area contributed by atoms with Gasteiger partial charge >= 0.3 is 0 Å². The highest BCUT2D eigenvalue weighted by molar-refractivity contribution is 5.80. The molecule has 32 heavy (non-hydrogen) atoms. The molecule has 0 atom stereocenters. The Hall–Kier alpha value is -2.86. The van der Waals surface area contributed by atoms with Crippen LogP contribution in [0.15, 0.2) is 54.6 Å². The van der Waals surface area contributed by atoms with E-state index < -0.39 is 0 Å². The molecule has 0 saturated carbocycles. The van der Waals surface area contributed by atoms with Crippen LogP contribution in [0, 0.1) is 5.92 Å². The first-order valence-corrected chi connectivity index (χ1v) is 11.4. The zero-order valence-corrected chi connectivity index (χ0v) is 19.4. The first-order chi connectivity index (χ1) is 15.4. The van der Waals surface area contributed by atoms with Crippen molar-refractivity contribution >= 4 is 11.8 Å². The average Bonchev–Trinajstić information content (AvgIpc) is 2.82. The van der Waals surface area contributed by atoms with E-state index in [2.05, 4.69) is 43.2 Å². The van der Waals surface area contributed by atoms with Crippen molar-refractivity contribution in [2.75, 3.05) is 26.7 Å². The highest BCUT2D eigenvalue weighted by atomic mass is 16.5. The topological polar surface area (TPSA) is 61.9 Å². The van der Waals surface area contributed by atoms with Crippen molar-refractivity contribution < 1.29 is 14.3 Å². The van der Waals surface area contributed by atoms with Crippen LogP contribution in [0.5, 0.6) is 5.75 Å². The summed E-state index contributed by atoms with van der Waals surface area (Å²) in [5, 5.41) is 3.12. The summed E-state index contributed by atoms with van der Waals surface area (Å²) in [4.78, 5) is 29.3. The summed E-state index contributed by atoms with van der Waals surface area (Å²) < 4.78 is 5.56. The van der Waals surface area contributed by atoms with Crippen LogP contribution in [0.25, 0.3) is 0 Å². The maximum atomic E-state index is 12.8. The number of ether oxygens (including phenoxy) is 1. The van der Waals surface area contributed by atoms with E-state index in [-0.39, 0.29) is 24.3 Å². The second kappa shape index (κ2) is 11.7. The van der Waals surface area contributed by atoms with Crippen LogP contribution in [0.1, 0.15) is 37.8 Å². The van der Waals surface area contributed by atoms with Crippen LogP contribution in [0.2, 0.25) is 0 Å². The van der Waals surface area contributed by atoms with E-state index in [1.165, 1.54) is 5.56 Å². The third-order valence-electron chi connectivity index (χ3n) is 6.20. The number of hydrogen-bond acceptors (Lipinski definition) is 4. The minimum absolute atomic E-state index is 0.0302. The van der Waals surface area contributed by atoms with E-state index >= 15 is 0 Å². The molecule has 0 aromatic heterocycles. The Labute approximate surface area is 191 Å². The SMILES string of the molecule is CC(C)N(C)Cc1ccccc1CNC(=O)C1CCN(C(=O)COc2ccccc2)CC1. The summed E-state index contributed by atoms with van der Waals surface area (Å²) in [6.07, 6.45) is 1.36. The van der Waals surface area contributed by atoms with Crippen molar-refractivity contribution in [3.63, 3.8) is 0 Å². The molecule has 1 saturated heterocycles. The molecule has 0 spiro atoms. The van der Waals surface area contributed by atoms with Gasteiger partial charge in [-0.25, -0.2) is 0 Å². The predicted octanol–water partition coefficient (Wildman–Crippen LogP) is 3.46. The van der Waals surface area contributed by atoms with Gasteiger partial charge in [0.05, 0.1) is 0 Å². The van der Waals surface area contributed by atoms with Gasteiger partial charge in [-0.1, -0.05) is 42.5 Å². The summed E-state index contributed by atoms with van der Waals surface area (Å²) in [6.45, 7) is 6.95. The molecule has 1 aliphatic heterocycles. The van der Waals surface area contributed by atoms with Gasteiger partial charge in [-0.3, -0.25) is 14.5 Å². The number of nitrogens with one attached hydrogen (secondary N) is 1. The van der Waals surface area contributed by atoms with Crippen molar-refractivity contribution in [1.29, 1.82) is 0 Å². The average molecular weight is 438 g/mol. The number of nitrogens with zero attached hydrogens (tertiary/aromatic N) is 2. The molecule has 6 heteroatoms. The number of likely N-dealkylation sites (tertiary alicyclic amines) is 1. The molecule has 1 N–H and O–H groups in total. The molecule has 2 aromatic rings. The standard InChI is InChI=1S/C26H35N3O3/c1-20(2)28(3)18-23-10-8-7-9-22(23)17-27-26(31)21-13-15-29(16-14-21)25(30)19-32-24-11-5-4-6-12-24/h4-12,20-21H,13-19H2,1-3H3,(H,27,31). The maximum absolute atomic E-state index is 12.8. The fourth-order valence-corrected chi connectivity index (χ4v) is 3.81. The first kappa shape index (κ1) is 23.8. The lowest BCUT2D eigenvalue weighted by Crippen LogP contribution is -2.44. The van der Waals surface area contributed by atoms with Crippen molar-refractivity contribution in [3.05, 3.63) is 65.7 Å². The van der Waals surface area contributed by atoms with Crippen molar-refractivity contribution in [2.45, 2.75) is 45.8 Å². The minimum Gasteiger partial charge on any atom is -0.484 e. The summed E-state index contributed by atoms with van der Waals surface area (Å²) in [5.74, 6) is 0.676.